The van der Waals surface area contributed by atoms with Gasteiger partial charge in [-0.25, -0.2) is 4.98 Å². The summed E-state index contributed by atoms with van der Waals surface area (Å²) in [6.45, 7) is 0. The van der Waals surface area contributed by atoms with Gasteiger partial charge in [0.05, 0.1) is 11.6 Å². The number of H-pyrrole nitrogens is 1. The van der Waals surface area contributed by atoms with Crippen LogP contribution < -0.4 is 0 Å². The summed E-state index contributed by atoms with van der Waals surface area (Å²) in [5.74, 6) is 0. The molecule has 0 spiro atoms. The summed E-state index contributed by atoms with van der Waals surface area (Å²) >= 11 is 7.51. The van der Waals surface area contributed by atoms with Crippen molar-refractivity contribution in [3.63, 3.8) is 0 Å². The molecule has 0 saturated heterocycles. The molecule has 0 amide bonds. The van der Waals surface area contributed by atoms with Crippen molar-refractivity contribution >= 4 is 45.2 Å². The predicted octanol–water partition coefficient (Wildman–Crippen LogP) is 4.31. The third kappa shape index (κ3) is 2.34. The van der Waals surface area contributed by atoms with Crippen molar-refractivity contribution < 1.29 is 0 Å². The smallest absolute Gasteiger partial charge is 0.225 e. The summed E-state index contributed by atoms with van der Waals surface area (Å²) < 4.78 is 0. The van der Waals surface area contributed by atoms with Crippen molar-refractivity contribution in [3.8, 4) is 0 Å². The Labute approximate surface area is 129 Å². The van der Waals surface area contributed by atoms with Crippen LogP contribution in [0.1, 0.15) is 0 Å². The van der Waals surface area contributed by atoms with E-state index in [1.54, 1.807) is 18.0 Å². The first-order valence-electron chi connectivity index (χ1n) is 6.33. The minimum atomic E-state index is 0.218. The summed E-state index contributed by atoms with van der Waals surface area (Å²) in [6.07, 6.45) is 1.72. The van der Waals surface area contributed by atoms with Crippen molar-refractivity contribution in [1.82, 2.24) is 20.2 Å². The maximum Gasteiger partial charge on any atom is 0.225 e. The number of halogens is 1. The number of aromatic amines is 1. The third-order valence-electron chi connectivity index (χ3n) is 3.18. The lowest BCUT2D eigenvalue weighted by Gasteiger charge is -2.04. The Morgan fingerprint density at radius 2 is 1.86 bits per heavy atom. The average molecular weight is 313 g/mol. The van der Waals surface area contributed by atoms with E-state index in [0.717, 1.165) is 15.3 Å². The van der Waals surface area contributed by atoms with Crippen LogP contribution in [-0.2, 0) is 0 Å². The van der Waals surface area contributed by atoms with E-state index in [9.17, 15) is 0 Å². The van der Waals surface area contributed by atoms with E-state index in [1.165, 1.54) is 10.8 Å². The maximum absolute atomic E-state index is 5.96. The molecule has 4 nitrogen and oxygen atoms in total. The highest BCUT2D eigenvalue weighted by molar-refractivity contribution is 7.99. The van der Waals surface area contributed by atoms with Gasteiger partial charge in [0.1, 0.15) is 5.03 Å². The van der Waals surface area contributed by atoms with Gasteiger partial charge in [0.15, 0.2) is 5.65 Å². The molecule has 4 rings (SSSR count). The quantitative estimate of drug-likeness (QED) is 0.442. The highest BCUT2D eigenvalue weighted by Crippen LogP contribution is 2.33. The van der Waals surface area contributed by atoms with Crippen molar-refractivity contribution in [3.05, 3.63) is 53.9 Å². The van der Waals surface area contributed by atoms with E-state index in [-0.39, 0.29) is 5.28 Å². The van der Waals surface area contributed by atoms with Crippen LogP contribution in [0, 0.1) is 0 Å². The fourth-order valence-electron chi connectivity index (χ4n) is 2.20. The molecular weight excluding hydrogens is 304 g/mol. The summed E-state index contributed by atoms with van der Waals surface area (Å²) in [4.78, 5) is 9.52. The van der Waals surface area contributed by atoms with Gasteiger partial charge in [-0.15, -0.1) is 0 Å². The van der Waals surface area contributed by atoms with Gasteiger partial charge in [-0.1, -0.05) is 42.1 Å². The molecule has 0 aliphatic carbocycles. The summed E-state index contributed by atoms with van der Waals surface area (Å²) in [7, 11) is 0. The van der Waals surface area contributed by atoms with Gasteiger partial charge in [0.2, 0.25) is 5.28 Å². The van der Waals surface area contributed by atoms with Gasteiger partial charge in [0, 0.05) is 4.90 Å². The molecule has 0 unspecified atom stereocenters. The van der Waals surface area contributed by atoms with E-state index >= 15 is 0 Å². The van der Waals surface area contributed by atoms with Crippen LogP contribution in [0.25, 0.3) is 21.8 Å². The third-order valence-corrected chi connectivity index (χ3v) is 4.35. The highest BCUT2D eigenvalue weighted by atomic mass is 35.5. The number of hydrogen-bond acceptors (Lipinski definition) is 4. The van der Waals surface area contributed by atoms with Crippen LogP contribution in [0.2, 0.25) is 5.28 Å². The first kappa shape index (κ1) is 12.6. The number of aromatic nitrogens is 4. The topological polar surface area (TPSA) is 54.5 Å². The van der Waals surface area contributed by atoms with Gasteiger partial charge in [-0.2, -0.15) is 10.1 Å². The first-order valence-corrected chi connectivity index (χ1v) is 7.52. The fraction of sp³-hybridized carbons (Fsp3) is 0. The van der Waals surface area contributed by atoms with Crippen molar-refractivity contribution in [2.24, 2.45) is 0 Å². The Bertz CT molecular complexity index is 951. The molecule has 102 valence electrons. The average Bonchev–Trinajstić information content (AvgIpc) is 2.95. The molecule has 21 heavy (non-hydrogen) atoms. The number of fused-ring (bicyclic) bond motifs is 2. The van der Waals surface area contributed by atoms with Crippen molar-refractivity contribution in [2.75, 3.05) is 0 Å². The fourth-order valence-corrected chi connectivity index (χ4v) is 3.36. The molecule has 0 bridgehead atoms. The van der Waals surface area contributed by atoms with Crippen LogP contribution >= 0.6 is 23.4 Å². The summed E-state index contributed by atoms with van der Waals surface area (Å²) in [5.41, 5.74) is 0.651. The zero-order valence-electron chi connectivity index (χ0n) is 10.7. The molecule has 4 aromatic rings. The molecule has 6 heteroatoms. The molecule has 0 fully saturated rings. The molecule has 0 saturated carbocycles. The molecule has 0 atom stereocenters. The molecular formula is C15H9ClN4S. The van der Waals surface area contributed by atoms with E-state index in [2.05, 4.69) is 50.5 Å². The SMILES string of the molecule is Clc1nc(Sc2ccc3ccccc3c2)c2cn[nH]c2n1. The number of nitrogens with one attached hydrogen (secondary N) is 1. The largest absolute Gasteiger partial charge is 0.261 e. The Morgan fingerprint density at radius 3 is 2.76 bits per heavy atom. The Kier molecular flexibility index (Phi) is 3.02. The lowest BCUT2D eigenvalue weighted by atomic mass is 10.1. The van der Waals surface area contributed by atoms with Crippen molar-refractivity contribution in [1.29, 1.82) is 0 Å². The standard InChI is InChI=1S/C15H9ClN4S/c16-15-18-13-12(8-17-20-13)14(19-15)21-11-6-5-9-3-1-2-4-10(9)7-11/h1-8H,(H,17,18,19,20). The molecule has 0 aliphatic heterocycles. The van der Waals surface area contributed by atoms with Gasteiger partial charge in [-0.05, 0) is 34.5 Å². The zero-order valence-corrected chi connectivity index (χ0v) is 12.3. The lowest BCUT2D eigenvalue weighted by molar-refractivity contribution is 1.07. The van der Waals surface area contributed by atoms with Crippen molar-refractivity contribution in [2.45, 2.75) is 9.92 Å². The molecule has 2 aromatic heterocycles. The van der Waals surface area contributed by atoms with Gasteiger partial charge in [-0.3, -0.25) is 5.10 Å². The lowest BCUT2D eigenvalue weighted by Crippen LogP contribution is -1.87. The van der Waals surface area contributed by atoms with Gasteiger partial charge >= 0.3 is 0 Å². The van der Waals surface area contributed by atoms with Crippen LogP contribution in [-0.4, -0.2) is 20.2 Å². The van der Waals surface area contributed by atoms with Crippen LogP contribution in [0.3, 0.4) is 0 Å². The number of hydrogen-bond donors (Lipinski definition) is 1. The van der Waals surface area contributed by atoms with Crippen LogP contribution in [0.4, 0.5) is 0 Å². The summed E-state index contributed by atoms with van der Waals surface area (Å²) in [6, 6.07) is 14.6. The zero-order chi connectivity index (χ0) is 14.2. The molecule has 1 N–H and O–H groups in total. The van der Waals surface area contributed by atoms with E-state index in [1.807, 2.05) is 12.1 Å². The van der Waals surface area contributed by atoms with E-state index in [0.29, 0.717) is 5.65 Å². The second kappa shape index (κ2) is 5.02. The normalized spacial score (nSPS) is 11.3. The second-order valence-corrected chi connectivity index (χ2v) is 5.94. The predicted molar refractivity (Wildman–Crippen MR) is 84.8 cm³/mol. The minimum Gasteiger partial charge on any atom is -0.261 e. The number of nitrogens with zero attached hydrogens (tertiary/aromatic N) is 3. The minimum absolute atomic E-state index is 0.218. The Hall–Kier alpha value is -2.11. The van der Waals surface area contributed by atoms with Crippen LogP contribution in [0.15, 0.2) is 58.6 Å². The number of benzene rings is 2. The van der Waals surface area contributed by atoms with Gasteiger partial charge < -0.3 is 0 Å². The molecule has 0 radical (unpaired) electrons. The summed E-state index contributed by atoms with van der Waals surface area (Å²) in [5, 5.41) is 11.1. The molecule has 0 aliphatic rings. The highest BCUT2D eigenvalue weighted by Gasteiger charge is 2.10. The van der Waals surface area contributed by atoms with E-state index < -0.39 is 0 Å². The number of rotatable bonds is 2. The van der Waals surface area contributed by atoms with E-state index in [4.69, 9.17) is 11.6 Å². The Balaban J connectivity index is 1.80. The van der Waals surface area contributed by atoms with Crippen LogP contribution in [0.5, 0.6) is 0 Å². The second-order valence-electron chi connectivity index (χ2n) is 4.54. The monoisotopic (exact) mass is 312 g/mol. The maximum atomic E-state index is 5.96. The Morgan fingerprint density at radius 1 is 1.00 bits per heavy atom. The van der Waals surface area contributed by atoms with Gasteiger partial charge in [0.25, 0.3) is 0 Å². The first-order chi connectivity index (χ1) is 10.3. The molecule has 2 heterocycles. The molecule has 2 aromatic carbocycles.